The number of thiophene rings is 1. The molecule has 2 nitrogen and oxygen atoms in total. The van der Waals surface area contributed by atoms with Gasteiger partial charge >= 0.3 is 0 Å². The lowest BCUT2D eigenvalue weighted by molar-refractivity contribution is 0.455. The third-order valence-corrected chi connectivity index (χ3v) is 3.86. The largest absolute Gasteiger partial charge is 0.301 e. The summed E-state index contributed by atoms with van der Waals surface area (Å²) in [5.41, 5.74) is 1.10. The minimum Gasteiger partial charge on any atom is -0.301 e. The maximum atomic E-state index is 4.39. The van der Waals surface area contributed by atoms with E-state index in [9.17, 15) is 0 Å². The number of rotatable bonds is 5. The Balaban J connectivity index is 2.05. The molecule has 0 aliphatic carbocycles. The van der Waals surface area contributed by atoms with Crippen molar-refractivity contribution in [1.82, 2.24) is 10.3 Å². The molecule has 2 atom stereocenters. The Morgan fingerprint density at radius 2 is 2.18 bits per heavy atom. The Morgan fingerprint density at radius 1 is 1.29 bits per heavy atom. The van der Waals surface area contributed by atoms with Crippen LogP contribution in [0.3, 0.4) is 0 Å². The van der Waals surface area contributed by atoms with Crippen molar-refractivity contribution in [3.05, 3.63) is 52.5 Å². The smallest absolute Gasteiger partial charge is 0.0570 e. The molecule has 2 unspecified atom stereocenters. The summed E-state index contributed by atoms with van der Waals surface area (Å²) in [4.78, 5) is 5.79. The molecule has 1 N–H and O–H groups in total. The Kier molecular flexibility index (Phi) is 4.29. The number of pyridine rings is 1. The summed E-state index contributed by atoms with van der Waals surface area (Å²) in [6.45, 7) is 4.38. The SMILES string of the molecule is CCC(NC(C)c1ccccn1)c1cccs1. The molecular formula is C14H18N2S. The maximum absolute atomic E-state index is 4.39. The topological polar surface area (TPSA) is 24.9 Å². The number of hydrogen-bond acceptors (Lipinski definition) is 3. The molecule has 0 bridgehead atoms. The van der Waals surface area contributed by atoms with Crippen molar-refractivity contribution in [2.24, 2.45) is 0 Å². The van der Waals surface area contributed by atoms with Crippen molar-refractivity contribution < 1.29 is 0 Å². The molecule has 3 heteroatoms. The van der Waals surface area contributed by atoms with Gasteiger partial charge in [-0.2, -0.15) is 0 Å². The summed E-state index contributed by atoms with van der Waals surface area (Å²) in [5.74, 6) is 0. The van der Waals surface area contributed by atoms with E-state index >= 15 is 0 Å². The monoisotopic (exact) mass is 246 g/mol. The molecule has 0 aromatic carbocycles. The molecule has 0 fully saturated rings. The van der Waals surface area contributed by atoms with Gasteiger partial charge in [-0.15, -0.1) is 11.3 Å². The molecule has 0 saturated heterocycles. The zero-order valence-corrected chi connectivity index (χ0v) is 11.1. The fourth-order valence-corrected chi connectivity index (χ4v) is 2.78. The predicted molar refractivity (Wildman–Crippen MR) is 73.1 cm³/mol. The lowest BCUT2D eigenvalue weighted by Gasteiger charge is -2.21. The van der Waals surface area contributed by atoms with Gasteiger partial charge in [0.25, 0.3) is 0 Å². The van der Waals surface area contributed by atoms with Crippen LogP contribution in [0.25, 0.3) is 0 Å². The zero-order valence-electron chi connectivity index (χ0n) is 10.3. The van der Waals surface area contributed by atoms with E-state index in [1.54, 1.807) is 0 Å². The third-order valence-electron chi connectivity index (χ3n) is 2.88. The molecule has 90 valence electrons. The van der Waals surface area contributed by atoms with Gasteiger partial charge in [-0.25, -0.2) is 0 Å². The molecule has 2 aromatic rings. The molecule has 2 heterocycles. The van der Waals surface area contributed by atoms with E-state index < -0.39 is 0 Å². The molecule has 0 amide bonds. The Morgan fingerprint density at radius 3 is 2.76 bits per heavy atom. The van der Waals surface area contributed by atoms with Crippen molar-refractivity contribution in [1.29, 1.82) is 0 Å². The van der Waals surface area contributed by atoms with Crippen LogP contribution in [0.4, 0.5) is 0 Å². The molecular weight excluding hydrogens is 228 g/mol. The lowest BCUT2D eigenvalue weighted by atomic mass is 10.1. The van der Waals surface area contributed by atoms with Crippen molar-refractivity contribution in [3.63, 3.8) is 0 Å². The summed E-state index contributed by atoms with van der Waals surface area (Å²) in [5, 5.41) is 5.76. The van der Waals surface area contributed by atoms with Crippen LogP contribution in [0.15, 0.2) is 41.9 Å². The van der Waals surface area contributed by atoms with Gasteiger partial charge in [0.05, 0.1) is 5.69 Å². The van der Waals surface area contributed by atoms with Crippen LogP contribution in [0.2, 0.25) is 0 Å². The number of nitrogens with zero attached hydrogens (tertiary/aromatic N) is 1. The molecule has 0 aliphatic rings. The summed E-state index contributed by atoms with van der Waals surface area (Å²) >= 11 is 1.81. The minimum absolute atomic E-state index is 0.281. The van der Waals surface area contributed by atoms with E-state index in [0.29, 0.717) is 6.04 Å². The third kappa shape index (κ3) is 3.14. The van der Waals surface area contributed by atoms with Crippen LogP contribution in [0.1, 0.15) is 42.9 Å². The summed E-state index contributed by atoms with van der Waals surface area (Å²) in [7, 11) is 0. The van der Waals surface area contributed by atoms with Crippen LogP contribution in [0.5, 0.6) is 0 Å². The van der Waals surface area contributed by atoms with Crippen LogP contribution in [-0.4, -0.2) is 4.98 Å². The van der Waals surface area contributed by atoms with Gasteiger partial charge in [0.1, 0.15) is 0 Å². The molecule has 2 aromatic heterocycles. The van der Waals surface area contributed by atoms with Crippen LogP contribution < -0.4 is 5.32 Å². The van der Waals surface area contributed by atoms with E-state index in [4.69, 9.17) is 0 Å². The van der Waals surface area contributed by atoms with Gasteiger partial charge in [0.2, 0.25) is 0 Å². The van der Waals surface area contributed by atoms with Gasteiger partial charge in [-0.3, -0.25) is 4.98 Å². The van der Waals surface area contributed by atoms with Crippen LogP contribution >= 0.6 is 11.3 Å². The van der Waals surface area contributed by atoms with Crippen LogP contribution in [-0.2, 0) is 0 Å². The van der Waals surface area contributed by atoms with Crippen LogP contribution in [0, 0.1) is 0 Å². The van der Waals surface area contributed by atoms with Gasteiger partial charge in [-0.1, -0.05) is 19.1 Å². The fraction of sp³-hybridized carbons (Fsp3) is 0.357. The molecule has 2 rings (SSSR count). The average Bonchev–Trinajstić information content (AvgIpc) is 2.90. The molecule has 0 radical (unpaired) electrons. The number of nitrogens with one attached hydrogen (secondary N) is 1. The molecule has 0 aliphatic heterocycles. The average molecular weight is 246 g/mol. The zero-order chi connectivity index (χ0) is 12.1. The summed E-state index contributed by atoms with van der Waals surface area (Å²) < 4.78 is 0. The number of aromatic nitrogens is 1. The van der Waals surface area contributed by atoms with E-state index in [1.807, 2.05) is 29.7 Å². The van der Waals surface area contributed by atoms with Gasteiger partial charge < -0.3 is 5.32 Å². The minimum atomic E-state index is 0.281. The van der Waals surface area contributed by atoms with E-state index in [-0.39, 0.29) is 6.04 Å². The van der Waals surface area contributed by atoms with E-state index in [1.165, 1.54) is 4.88 Å². The fourth-order valence-electron chi connectivity index (χ4n) is 1.91. The lowest BCUT2D eigenvalue weighted by Crippen LogP contribution is -2.24. The molecule has 17 heavy (non-hydrogen) atoms. The van der Waals surface area contributed by atoms with Crippen molar-refractivity contribution in [2.75, 3.05) is 0 Å². The Labute approximate surface area is 107 Å². The highest BCUT2D eigenvalue weighted by atomic mass is 32.1. The first-order valence-electron chi connectivity index (χ1n) is 6.01. The first kappa shape index (κ1) is 12.3. The second-order valence-electron chi connectivity index (χ2n) is 4.12. The first-order valence-corrected chi connectivity index (χ1v) is 6.89. The second kappa shape index (κ2) is 5.94. The van der Waals surface area contributed by atoms with Crippen molar-refractivity contribution in [3.8, 4) is 0 Å². The van der Waals surface area contributed by atoms with Gasteiger partial charge in [0.15, 0.2) is 0 Å². The first-order chi connectivity index (χ1) is 8.31. The number of hydrogen-bond donors (Lipinski definition) is 1. The normalized spacial score (nSPS) is 14.5. The summed E-state index contributed by atoms with van der Waals surface area (Å²) in [6.07, 6.45) is 2.94. The van der Waals surface area contributed by atoms with Gasteiger partial charge in [-0.05, 0) is 36.9 Å². The highest BCUT2D eigenvalue weighted by Crippen LogP contribution is 2.24. The quantitative estimate of drug-likeness (QED) is 0.864. The summed E-state index contributed by atoms with van der Waals surface area (Å²) in [6, 6.07) is 11.1. The highest BCUT2D eigenvalue weighted by Gasteiger charge is 2.14. The Hall–Kier alpha value is -1.19. The standard InChI is InChI=1S/C14H18N2S/c1-3-12(14-8-6-10-17-14)16-11(2)13-7-4-5-9-15-13/h4-12,16H,3H2,1-2H3. The van der Waals surface area contributed by atoms with E-state index in [2.05, 4.69) is 47.7 Å². The molecule has 0 spiro atoms. The van der Waals surface area contributed by atoms with Gasteiger partial charge in [0, 0.05) is 23.2 Å². The maximum Gasteiger partial charge on any atom is 0.0570 e. The second-order valence-corrected chi connectivity index (χ2v) is 5.10. The van der Waals surface area contributed by atoms with Crippen molar-refractivity contribution >= 4 is 11.3 Å². The van der Waals surface area contributed by atoms with Crippen molar-refractivity contribution in [2.45, 2.75) is 32.4 Å². The Bertz CT molecular complexity index is 425. The van der Waals surface area contributed by atoms with E-state index in [0.717, 1.165) is 12.1 Å². The molecule has 0 saturated carbocycles. The highest BCUT2D eigenvalue weighted by molar-refractivity contribution is 7.10. The predicted octanol–water partition coefficient (Wildman–Crippen LogP) is 3.95.